The van der Waals surface area contributed by atoms with E-state index in [4.69, 9.17) is 9.47 Å². The lowest BCUT2D eigenvalue weighted by molar-refractivity contribution is 0.130. The minimum absolute atomic E-state index is 0.442. The molecule has 1 atom stereocenters. The van der Waals surface area contributed by atoms with Gasteiger partial charge < -0.3 is 14.4 Å². The molecule has 0 N–H and O–H groups in total. The molecule has 0 heterocycles. The topological polar surface area (TPSA) is 24.9 Å². The van der Waals surface area contributed by atoms with Crippen molar-refractivity contribution in [2.24, 2.45) is 5.92 Å². The third-order valence-electron chi connectivity index (χ3n) is 5.85. The van der Waals surface area contributed by atoms with E-state index in [0.29, 0.717) is 12.0 Å². The van der Waals surface area contributed by atoms with Crippen LogP contribution in [0.2, 0.25) is 0 Å². The molecule has 186 valence electrons. The second-order valence-corrected chi connectivity index (χ2v) is 9.11. The predicted octanol–water partition coefficient (Wildman–Crippen LogP) is 6.66. The fourth-order valence-electron chi connectivity index (χ4n) is 4.12. The molecular formula is C29H48N2O2. The first-order chi connectivity index (χ1) is 15.9. The average molecular weight is 457 g/mol. The lowest BCUT2D eigenvalue weighted by Crippen LogP contribution is -2.41. The summed E-state index contributed by atoms with van der Waals surface area (Å²) < 4.78 is 11.4. The number of hydrogen-bond donors (Lipinski definition) is 0. The number of benzene rings is 2. The molecule has 0 unspecified atom stereocenters. The van der Waals surface area contributed by atoms with Crippen LogP contribution in [0.25, 0.3) is 0 Å². The van der Waals surface area contributed by atoms with Gasteiger partial charge in [0.2, 0.25) is 0 Å². The van der Waals surface area contributed by atoms with E-state index in [2.05, 4.69) is 68.9 Å². The molecule has 0 saturated heterocycles. The zero-order valence-electron chi connectivity index (χ0n) is 22.6. The van der Waals surface area contributed by atoms with Gasteiger partial charge >= 0.3 is 0 Å². The largest absolute Gasteiger partial charge is 0.496 e. The van der Waals surface area contributed by atoms with Crippen LogP contribution in [-0.4, -0.2) is 50.7 Å². The number of methoxy groups -OCH3 is 2. The molecule has 0 aromatic heterocycles. The Morgan fingerprint density at radius 3 is 1.91 bits per heavy atom. The van der Waals surface area contributed by atoms with Crippen molar-refractivity contribution in [1.29, 1.82) is 0 Å². The molecule has 0 spiro atoms. The highest BCUT2D eigenvalue weighted by Gasteiger charge is 2.23. The average Bonchev–Trinajstić information content (AvgIpc) is 2.82. The van der Waals surface area contributed by atoms with Crippen molar-refractivity contribution < 1.29 is 9.47 Å². The van der Waals surface area contributed by atoms with Gasteiger partial charge in [-0.05, 0) is 62.5 Å². The van der Waals surface area contributed by atoms with Gasteiger partial charge in [0.1, 0.15) is 11.5 Å². The van der Waals surface area contributed by atoms with Gasteiger partial charge in [-0.1, -0.05) is 65.0 Å². The maximum Gasteiger partial charge on any atom is 0.127 e. The van der Waals surface area contributed by atoms with Gasteiger partial charge in [-0.15, -0.1) is 0 Å². The maximum absolute atomic E-state index is 5.72. The van der Waals surface area contributed by atoms with Crippen LogP contribution in [0.1, 0.15) is 64.2 Å². The Hall–Kier alpha value is -2.04. The summed E-state index contributed by atoms with van der Waals surface area (Å²) in [5, 5.41) is 0. The van der Waals surface area contributed by atoms with Crippen LogP contribution in [0, 0.1) is 5.92 Å². The Bertz CT molecular complexity index is 767. The van der Waals surface area contributed by atoms with Gasteiger partial charge in [-0.2, -0.15) is 0 Å². The Morgan fingerprint density at radius 1 is 0.818 bits per heavy atom. The summed E-state index contributed by atoms with van der Waals surface area (Å²) in [5.41, 5.74) is 3.87. The Morgan fingerprint density at radius 2 is 1.39 bits per heavy atom. The number of nitrogens with zero attached hydrogens (tertiary/aromatic N) is 2. The van der Waals surface area contributed by atoms with Gasteiger partial charge in [-0.3, -0.25) is 4.90 Å². The van der Waals surface area contributed by atoms with E-state index < -0.39 is 0 Å². The Labute approximate surface area is 203 Å². The third kappa shape index (κ3) is 9.77. The molecule has 0 aliphatic heterocycles. The van der Waals surface area contributed by atoms with Crippen molar-refractivity contribution >= 4 is 0 Å². The monoisotopic (exact) mass is 456 g/mol. The fourth-order valence-corrected chi connectivity index (χ4v) is 4.12. The molecule has 0 bridgehead atoms. The maximum atomic E-state index is 5.72. The van der Waals surface area contributed by atoms with Crippen molar-refractivity contribution in [1.82, 2.24) is 9.80 Å². The summed E-state index contributed by atoms with van der Waals surface area (Å²) in [6, 6.07) is 15.5. The normalized spacial score (nSPS) is 12.0. The van der Waals surface area contributed by atoms with Gasteiger partial charge in [0.15, 0.2) is 0 Å². The van der Waals surface area contributed by atoms with E-state index in [9.17, 15) is 0 Å². The molecule has 0 saturated carbocycles. The Kier molecular flexibility index (Phi) is 13.8. The summed E-state index contributed by atoms with van der Waals surface area (Å²) in [6.07, 6.45) is 3.44. The zero-order valence-corrected chi connectivity index (χ0v) is 22.6. The highest BCUT2D eigenvalue weighted by Crippen LogP contribution is 2.31. The van der Waals surface area contributed by atoms with Gasteiger partial charge in [-0.25, -0.2) is 0 Å². The first kappa shape index (κ1) is 29.0. The summed E-state index contributed by atoms with van der Waals surface area (Å²) in [4.78, 5) is 4.91. The zero-order chi connectivity index (χ0) is 24.8. The lowest BCUT2D eigenvalue weighted by Gasteiger charge is -2.35. The first-order valence-corrected chi connectivity index (χ1v) is 12.5. The number of rotatable bonds is 13. The first-order valence-electron chi connectivity index (χ1n) is 12.5. The summed E-state index contributed by atoms with van der Waals surface area (Å²) >= 11 is 0. The van der Waals surface area contributed by atoms with E-state index in [1.165, 1.54) is 24.0 Å². The van der Waals surface area contributed by atoms with E-state index in [1.54, 1.807) is 14.2 Å². The van der Waals surface area contributed by atoms with E-state index in [0.717, 1.165) is 43.1 Å². The van der Waals surface area contributed by atoms with Crippen LogP contribution in [0.15, 0.2) is 42.5 Å². The summed E-state index contributed by atoms with van der Waals surface area (Å²) in [5.74, 6) is 2.47. The molecule has 33 heavy (non-hydrogen) atoms. The number of ether oxygens (including phenoxy) is 2. The van der Waals surface area contributed by atoms with Gasteiger partial charge in [0, 0.05) is 25.7 Å². The molecule has 0 fully saturated rings. The molecule has 0 aliphatic rings. The highest BCUT2D eigenvalue weighted by atomic mass is 16.5. The lowest BCUT2D eigenvalue weighted by atomic mass is 9.99. The minimum Gasteiger partial charge on any atom is -0.496 e. The minimum atomic E-state index is 0.442. The van der Waals surface area contributed by atoms with Crippen molar-refractivity contribution in [2.75, 3.05) is 34.9 Å². The van der Waals surface area contributed by atoms with Crippen LogP contribution >= 0.6 is 0 Å². The standard InChI is InChI=1S/C27H42N2O2.C2H6/c1-8-22-11-9-12-23(17-22)18-29(24(19-28(4)5)16-15-21(2)3)20-25-26(30-6)13-10-14-27(25)31-7;1-2/h9-14,17,21,24H,8,15-16,18-20H2,1-7H3;1-2H3/t24-;/m0./s1. The van der Waals surface area contributed by atoms with Crippen molar-refractivity contribution in [3.63, 3.8) is 0 Å². The molecule has 2 aromatic rings. The van der Waals surface area contributed by atoms with E-state index >= 15 is 0 Å². The third-order valence-corrected chi connectivity index (χ3v) is 5.85. The van der Waals surface area contributed by atoms with Crippen LogP contribution in [0.3, 0.4) is 0 Å². The van der Waals surface area contributed by atoms with Crippen molar-refractivity contribution in [2.45, 2.75) is 73.0 Å². The van der Waals surface area contributed by atoms with Crippen LogP contribution in [0.4, 0.5) is 0 Å². The molecule has 2 rings (SSSR count). The smallest absolute Gasteiger partial charge is 0.127 e. The quantitative estimate of drug-likeness (QED) is 0.336. The predicted molar refractivity (Wildman–Crippen MR) is 142 cm³/mol. The van der Waals surface area contributed by atoms with Crippen LogP contribution in [0.5, 0.6) is 11.5 Å². The van der Waals surface area contributed by atoms with E-state index in [-0.39, 0.29) is 0 Å². The molecule has 0 amide bonds. The second kappa shape index (κ2) is 15.7. The molecule has 0 aliphatic carbocycles. The van der Waals surface area contributed by atoms with E-state index in [1.807, 2.05) is 32.0 Å². The van der Waals surface area contributed by atoms with Crippen molar-refractivity contribution in [3.05, 3.63) is 59.2 Å². The van der Waals surface area contributed by atoms with Gasteiger partial charge in [0.05, 0.1) is 19.8 Å². The molecule has 4 heteroatoms. The van der Waals surface area contributed by atoms with Crippen molar-refractivity contribution in [3.8, 4) is 11.5 Å². The van der Waals surface area contributed by atoms with Crippen LogP contribution in [-0.2, 0) is 19.5 Å². The number of aryl methyl sites for hydroxylation is 1. The molecule has 2 aromatic carbocycles. The van der Waals surface area contributed by atoms with Crippen LogP contribution < -0.4 is 9.47 Å². The SMILES string of the molecule is CC.CCc1cccc(CN(Cc2c(OC)cccc2OC)[C@@H](CCC(C)C)CN(C)C)c1. The number of likely N-dealkylation sites (N-methyl/N-ethyl adjacent to an activating group) is 1. The Balaban J connectivity index is 0.00000265. The summed E-state index contributed by atoms with van der Waals surface area (Å²) in [6.45, 7) is 13.6. The number of hydrogen-bond acceptors (Lipinski definition) is 4. The highest BCUT2D eigenvalue weighted by molar-refractivity contribution is 5.44. The summed E-state index contributed by atoms with van der Waals surface area (Å²) in [7, 11) is 7.82. The second-order valence-electron chi connectivity index (χ2n) is 9.11. The molecule has 0 radical (unpaired) electrons. The molecular weight excluding hydrogens is 408 g/mol. The van der Waals surface area contributed by atoms with Gasteiger partial charge in [0.25, 0.3) is 0 Å². The fraction of sp³-hybridized carbons (Fsp3) is 0.586. The molecule has 4 nitrogen and oxygen atoms in total.